The summed E-state index contributed by atoms with van der Waals surface area (Å²) in [5.74, 6) is -0.960. The van der Waals surface area contributed by atoms with Gasteiger partial charge in [-0.05, 0) is 83.6 Å². The van der Waals surface area contributed by atoms with Gasteiger partial charge in [-0.15, -0.1) is 0 Å². The van der Waals surface area contributed by atoms with Crippen LogP contribution in [-0.4, -0.2) is 49.8 Å². The standard InChI is InChI=1S/C22H32O6/c1-14(5-7-15-13-16(20(25)26)8-9-17(15)23)6-10-18(24)22(4)12-11-19(28-22)21(2,3)27/h5,8-9,13,18-19,23-24,27H,6-7,10-12H2,1-4H3,(H,25,26)/b14-5+/t18-,19-,22+/m1/s1. The van der Waals surface area contributed by atoms with Crippen LogP contribution in [0.2, 0.25) is 0 Å². The van der Waals surface area contributed by atoms with E-state index in [4.69, 9.17) is 9.84 Å². The third-order valence-electron chi connectivity index (χ3n) is 5.62. The number of hydrogen-bond acceptors (Lipinski definition) is 5. The molecule has 1 saturated heterocycles. The van der Waals surface area contributed by atoms with Gasteiger partial charge in [0.1, 0.15) is 5.75 Å². The van der Waals surface area contributed by atoms with E-state index in [1.54, 1.807) is 13.8 Å². The second kappa shape index (κ2) is 8.64. The van der Waals surface area contributed by atoms with Crippen LogP contribution in [0.3, 0.4) is 0 Å². The number of allylic oxidation sites excluding steroid dienone is 2. The van der Waals surface area contributed by atoms with Crippen LogP contribution in [0.1, 0.15) is 69.3 Å². The first-order valence-electron chi connectivity index (χ1n) is 9.71. The number of carboxylic acid groups (broad SMARTS) is 1. The molecular weight excluding hydrogens is 360 g/mol. The largest absolute Gasteiger partial charge is 0.508 e. The molecule has 0 spiro atoms. The van der Waals surface area contributed by atoms with Gasteiger partial charge in [-0.25, -0.2) is 4.79 Å². The van der Waals surface area contributed by atoms with Crippen LogP contribution in [0.25, 0.3) is 0 Å². The van der Waals surface area contributed by atoms with E-state index in [9.17, 15) is 20.1 Å². The molecule has 0 aromatic heterocycles. The van der Waals surface area contributed by atoms with Gasteiger partial charge in [-0.2, -0.15) is 0 Å². The van der Waals surface area contributed by atoms with Crippen molar-refractivity contribution in [2.75, 3.05) is 0 Å². The van der Waals surface area contributed by atoms with Gasteiger partial charge in [0.25, 0.3) is 0 Å². The first kappa shape index (κ1) is 22.4. The minimum Gasteiger partial charge on any atom is -0.508 e. The fourth-order valence-electron chi connectivity index (χ4n) is 3.54. The molecule has 1 aliphatic rings. The Kier molecular flexibility index (Phi) is 6.91. The van der Waals surface area contributed by atoms with Crippen LogP contribution in [0.4, 0.5) is 0 Å². The van der Waals surface area contributed by atoms with Crippen LogP contribution < -0.4 is 0 Å². The Balaban J connectivity index is 1.92. The van der Waals surface area contributed by atoms with E-state index in [1.165, 1.54) is 18.2 Å². The summed E-state index contributed by atoms with van der Waals surface area (Å²) in [7, 11) is 0. The van der Waals surface area contributed by atoms with Crippen molar-refractivity contribution in [3.05, 3.63) is 41.0 Å². The fourth-order valence-corrected chi connectivity index (χ4v) is 3.54. The smallest absolute Gasteiger partial charge is 0.335 e. The molecule has 156 valence electrons. The summed E-state index contributed by atoms with van der Waals surface area (Å²) in [5, 5.41) is 39.7. The number of phenols is 1. The Morgan fingerprint density at radius 2 is 2.11 bits per heavy atom. The second-order valence-electron chi connectivity index (χ2n) is 8.57. The van der Waals surface area contributed by atoms with Gasteiger partial charge in [0.2, 0.25) is 0 Å². The predicted molar refractivity (Wildman–Crippen MR) is 107 cm³/mol. The minimum absolute atomic E-state index is 0.0682. The molecule has 1 aromatic rings. The maximum Gasteiger partial charge on any atom is 0.335 e. The molecule has 0 bridgehead atoms. The number of carboxylic acids is 1. The molecule has 6 nitrogen and oxygen atoms in total. The fraction of sp³-hybridized carbons (Fsp3) is 0.591. The van der Waals surface area contributed by atoms with Crippen molar-refractivity contribution in [1.29, 1.82) is 0 Å². The number of hydrogen-bond donors (Lipinski definition) is 4. The lowest BCUT2D eigenvalue weighted by molar-refractivity contribution is -0.153. The van der Waals surface area contributed by atoms with Crippen molar-refractivity contribution >= 4 is 5.97 Å². The highest BCUT2D eigenvalue weighted by molar-refractivity contribution is 5.88. The molecule has 0 radical (unpaired) electrons. The molecule has 1 heterocycles. The zero-order chi connectivity index (χ0) is 21.1. The summed E-state index contributed by atoms with van der Waals surface area (Å²) in [6, 6.07) is 4.24. The summed E-state index contributed by atoms with van der Waals surface area (Å²) in [6.45, 7) is 7.27. The maximum absolute atomic E-state index is 11.1. The SMILES string of the molecule is C/C(=C\Cc1cc(C(=O)O)ccc1O)CC[C@@H](O)[C@]1(C)CC[C@H](C(C)(C)O)O1. The summed E-state index contributed by atoms with van der Waals surface area (Å²) in [4.78, 5) is 11.1. The average molecular weight is 392 g/mol. The van der Waals surface area contributed by atoms with E-state index in [0.29, 0.717) is 37.7 Å². The number of ether oxygens (including phenoxy) is 1. The van der Waals surface area contributed by atoms with Crippen molar-refractivity contribution in [1.82, 2.24) is 0 Å². The summed E-state index contributed by atoms with van der Waals surface area (Å²) >= 11 is 0. The van der Waals surface area contributed by atoms with E-state index in [2.05, 4.69) is 0 Å². The number of aromatic hydroxyl groups is 1. The maximum atomic E-state index is 11.1. The Morgan fingerprint density at radius 3 is 2.68 bits per heavy atom. The zero-order valence-electron chi connectivity index (χ0n) is 17.1. The number of benzene rings is 1. The Bertz CT molecular complexity index is 733. The van der Waals surface area contributed by atoms with Crippen LogP contribution in [0.15, 0.2) is 29.8 Å². The van der Waals surface area contributed by atoms with Gasteiger partial charge in [0.05, 0.1) is 29.0 Å². The Hall–Kier alpha value is -1.89. The molecule has 1 aromatic carbocycles. The molecule has 6 heteroatoms. The summed E-state index contributed by atoms with van der Waals surface area (Å²) in [5.41, 5.74) is 0.138. The number of aliphatic hydroxyl groups excluding tert-OH is 1. The molecule has 28 heavy (non-hydrogen) atoms. The van der Waals surface area contributed by atoms with Crippen molar-refractivity contribution in [3.8, 4) is 5.75 Å². The van der Waals surface area contributed by atoms with Crippen LogP contribution in [0.5, 0.6) is 5.75 Å². The summed E-state index contributed by atoms with van der Waals surface area (Å²) in [6.07, 6.45) is 4.02. The van der Waals surface area contributed by atoms with Crippen molar-refractivity contribution < 1.29 is 30.0 Å². The zero-order valence-corrected chi connectivity index (χ0v) is 17.1. The van der Waals surface area contributed by atoms with E-state index >= 15 is 0 Å². The first-order valence-corrected chi connectivity index (χ1v) is 9.71. The molecule has 1 aliphatic heterocycles. The lowest BCUT2D eigenvalue weighted by Crippen LogP contribution is -2.43. The van der Waals surface area contributed by atoms with E-state index in [-0.39, 0.29) is 17.4 Å². The molecule has 3 atom stereocenters. The van der Waals surface area contributed by atoms with Gasteiger partial charge >= 0.3 is 5.97 Å². The van der Waals surface area contributed by atoms with Gasteiger partial charge in [0, 0.05) is 0 Å². The number of phenolic OH excluding ortho intramolecular Hbond substituents is 1. The molecule has 0 saturated carbocycles. The molecule has 4 N–H and O–H groups in total. The highest BCUT2D eigenvalue weighted by Gasteiger charge is 2.46. The number of aliphatic hydroxyl groups is 2. The molecule has 0 unspecified atom stereocenters. The molecule has 0 aliphatic carbocycles. The average Bonchev–Trinajstić information content (AvgIpc) is 3.02. The number of rotatable bonds is 8. The molecule has 1 fully saturated rings. The highest BCUT2D eigenvalue weighted by atomic mass is 16.5. The molecular formula is C22H32O6. The van der Waals surface area contributed by atoms with Crippen molar-refractivity contribution in [2.24, 2.45) is 0 Å². The van der Waals surface area contributed by atoms with Gasteiger partial charge in [-0.1, -0.05) is 11.6 Å². The summed E-state index contributed by atoms with van der Waals surface area (Å²) < 4.78 is 5.98. The van der Waals surface area contributed by atoms with Crippen molar-refractivity contribution in [2.45, 2.75) is 83.2 Å². The predicted octanol–water partition coefficient (Wildman–Crippen LogP) is 3.43. The number of carbonyl (C=O) groups is 1. The van der Waals surface area contributed by atoms with Gasteiger partial charge in [0.15, 0.2) is 0 Å². The van der Waals surface area contributed by atoms with Crippen LogP contribution >= 0.6 is 0 Å². The van der Waals surface area contributed by atoms with Crippen LogP contribution in [0, 0.1) is 0 Å². The lowest BCUT2D eigenvalue weighted by Gasteiger charge is -2.33. The lowest BCUT2D eigenvalue weighted by atomic mass is 9.90. The van der Waals surface area contributed by atoms with E-state index < -0.39 is 23.3 Å². The normalized spacial score (nSPS) is 24.4. The third kappa shape index (κ3) is 5.56. The minimum atomic E-state index is -1.03. The first-order chi connectivity index (χ1) is 12.9. The molecule has 2 rings (SSSR count). The van der Waals surface area contributed by atoms with E-state index in [0.717, 1.165) is 5.57 Å². The Labute approximate surface area is 166 Å². The molecule has 0 amide bonds. The second-order valence-corrected chi connectivity index (χ2v) is 8.57. The third-order valence-corrected chi connectivity index (χ3v) is 5.62. The van der Waals surface area contributed by atoms with Crippen molar-refractivity contribution in [3.63, 3.8) is 0 Å². The van der Waals surface area contributed by atoms with E-state index in [1.807, 2.05) is 19.9 Å². The monoisotopic (exact) mass is 392 g/mol. The number of aromatic carboxylic acids is 1. The van der Waals surface area contributed by atoms with Gasteiger partial charge < -0.3 is 25.2 Å². The topological polar surface area (TPSA) is 107 Å². The van der Waals surface area contributed by atoms with Gasteiger partial charge in [-0.3, -0.25) is 0 Å². The Morgan fingerprint density at radius 1 is 1.43 bits per heavy atom. The quantitative estimate of drug-likeness (QED) is 0.505. The van der Waals surface area contributed by atoms with Crippen LogP contribution in [-0.2, 0) is 11.2 Å². The highest BCUT2D eigenvalue weighted by Crippen LogP contribution is 2.38.